The van der Waals surface area contributed by atoms with Crippen LogP contribution < -0.4 is 10.2 Å². The van der Waals surface area contributed by atoms with Gasteiger partial charge in [0.2, 0.25) is 11.8 Å². The maximum Gasteiger partial charge on any atom is 0.255 e. The van der Waals surface area contributed by atoms with E-state index in [0.717, 1.165) is 18.2 Å². The smallest absolute Gasteiger partial charge is 0.255 e. The van der Waals surface area contributed by atoms with Crippen molar-refractivity contribution in [3.05, 3.63) is 58.9 Å². The fourth-order valence-electron chi connectivity index (χ4n) is 4.02. The van der Waals surface area contributed by atoms with Gasteiger partial charge in [0.15, 0.2) is 0 Å². The molecule has 1 N–H and O–H groups in total. The van der Waals surface area contributed by atoms with Gasteiger partial charge in [0, 0.05) is 50.5 Å². The number of piperazine rings is 1. The maximum absolute atomic E-state index is 13.2. The van der Waals surface area contributed by atoms with Gasteiger partial charge in [-0.2, -0.15) is 0 Å². The van der Waals surface area contributed by atoms with Gasteiger partial charge in [0.05, 0.1) is 17.1 Å². The first-order chi connectivity index (χ1) is 15.4. The SMILES string of the molecule is O=C(CN1CCN(C(=O)c2ccc(F)cc2Cl)CC1)Nc1cccc(N2CCCC2=O)c1. The molecule has 2 fully saturated rings. The van der Waals surface area contributed by atoms with Crippen LogP contribution in [0, 0.1) is 5.82 Å². The molecule has 0 radical (unpaired) electrons. The van der Waals surface area contributed by atoms with E-state index in [4.69, 9.17) is 11.6 Å². The molecule has 2 aromatic carbocycles. The molecule has 32 heavy (non-hydrogen) atoms. The van der Waals surface area contributed by atoms with E-state index in [1.54, 1.807) is 15.9 Å². The molecule has 4 rings (SSSR count). The molecule has 0 bridgehead atoms. The minimum Gasteiger partial charge on any atom is -0.336 e. The second-order valence-corrected chi connectivity index (χ2v) is 8.35. The number of anilines is 2. The van der Waals surface area contributed by atoms with Crippen LogP contribution in [0.2, 0.25) is 5.02 Å². The van der Waals surface area contributed by atoms with E-state index in [-0.39, 0.29) is 34.9 Å². The molecular weight excluding hydrogens is 435 g/mol. The average Bonchev–Trinajstić information content (AvgIpc) is 3.20. The van der Waals surface area contributed by atoms with Gasteiger partial charge >= 0.3 is 0 Å². The summed E-state index contributed by atoms with van der Waals surface area (Å²) in [6.45, 7) is 2.88. The molecule has 0 spiro atoms. The summed E-state index contributed by atoms with van der Waals surface area (Å²) in [7, 11) is 0. The number of nitrogens with one attached hydrogen (secondary N) is 1. The molecule has 0 saturated carbocycles. The van der Waals surface area contributed by atoms with Crippen molar-refractivity contribution in [1.29, 1.82) is 0 Å². The molecule has 2 saturated heterocycles. The summed E-state index contributed by atoms with van der Waals surface area (Å²) < 4.78 is 13.2. The van der Waals surface area contributed by atoms with Crippen molar-refractivity contribution in [2.45, 2.75) is 12.8 Å². The highest BCUT2D eigenvalue weighted by molar-refractivity contribution is 6.33. The summed E-state index contributed by atoms with van der Waals surface area (Å²) in [6, 6.07) is 11.0. The first-order valence-electron chi connectivity index (χ1n) is 10.6. The summed E-state index contributed by atoms with van der Waals surface area (Å²) in [4.78, 5) is 42.5. The standard InChI is InChI=1S/C23H24ClFN4O3/c24-20-13-16(25)6-7-19(20)23(32)28-11-9-27(10-12-28)15-21(30)26-17-3-1-4-18(14-17)29-8-2-5-22(29)31/h1,3-4,6-7,13-14H,2,5,8-12,15H2,(H,26,30). The number of carbonyl (C=O) groups excluding carboxylic acids is 3. The third-order valence-corrected chi connectivity index (χ3v) is 6.02. The second kappa shape index (κ2) is 9.67. The zero-order valence-corrected chi connectivity index (χ0v) is 18.3. The van der Waals surface area contributed by atoms with Crippen LogP contribution in [0.15, 0.2) is 42.5 Å². The van der Waals surface area contributed by atoms with Gasteiger partial charge in [-0.25, -0.2) is 4.39 Å². The highest BCUT2D eigenvalue weighted by atomic mass is 35.5. The van der Waals surface area contributed by atoms with Crippen LogP contribution >= 0.6 is 11.6 Å². The largest absolute Gasteiger partial charge is 0.336 e. The van der Waals surface area contributed by atoms with Crippen LogP contribution in [0.1, 0.15) is 23.2 Å². The van der Waals surface area contributed by atoms with Crippen molar-refractivity contribution in [2.24, 2.45) is 0 Å². The molecule has 7 nitrogen and oxygen atoms in total. The predicted molar refractivity (Wildman–Crippen MR) is 120 cm³/mol. The van der Waals surface area contributed by atoms with E-state index in [9.17, 15) is 18.8 Å². The van der Waals surface area contributed by atoms with E-state index in [1.807, 2.05) is 23.1 Å². The average molecular weight is 459 g/mol. The number of amides is 3. The monoisotopic (exact) mass is 458 g/mol. The number of halogens is 2. The molecule has 2 aliphatic rings. The lowest BCUT2D eigenvalue weighted by Crippen LogP contribution is -2.50. The molecule has 3 amide bonds. The van der Waals surface area contributed by atoms with Crippen molar-refractivity contribution in [3.8, 4) is 0 Å². The van der Waals surface area contributed by atoms with Crippen LogP contribution in [0.4, 0.5) is 15.8 Å². The van der Waals surface area contributed by atoms with E-state index < -0.39 is 5.82 Å². The first-order valence-corrected chi connectivity index (χ1v) is 11.0. The van der Waals surface area contributed by atoms with Gasteiger partial charge < -0.3 is 15.1 Å². The topological polar surface area (TPSA) is 73.0 Å². The Kier molecular flexibility index (Phi) is 6.72. The molecular formula is C23H24ClFN4O3. The Balaban J connectivity index is 1.28. The Bertz CT molecular complexity index is 1040. The summed E-state index contributed by atoms with van der Waals surface area (Å²) in [5.41, 5.74) is 1.71. The van der Waals surface area contributed by atoms with Gasteiger partial charge in [0.25, 0.3) is 5.91 Å². The molecule has 0 unspecified atom stereocenters. The van der Waals surface area contributed by atoms with Gasteiger partial charge in [0.1, 0.15) is 5.82 Å². The lowest BCUT2D eigenvalue weighted by Gasteiger charge is -2.34. The number of benzene rings is 2. The zero-order valence-electron chi connectivity index (χ0n) is 17.5. The minimum atomic E-state index is -0.486. The second-order valence-electron chi connectivity index (χ2n) is 7.94. The highest BCUT2D eigenvalue weighted by Gasteiger charge is 2.25. The minimum absolute atomic E-state index is 0.0923. The number of hydrogen-bond donors (Lipinski definition) is 1. The first kappa shape index (κ1) is 22.2. The Labute approximate surface area is 190 Å². The predicted octanol–water partition coefficient (Wildman–Crippen LogP) is 3.00. The molecule has 2 heterocycles. The molecule has 9 heteroatoms. The van der Waals surface area contributed by atoms with Crippen molar-refractivity contribution < 1.29 is 18.8 Å². The van der Waals surface area contributed by atoms with Crippen LogP contribution in [0.5, 0.6) is 0 Å². The van der Waals surface area contributed by atoms with Crippen molar-refractivity contribution in [2.75, 3.05) is 49.5 Å². The fraction of sp³-hybridized carbons (Fsp3) is 0.348. The van der Waals surface area contributed by atoms with Crippen molar-refractivity contribution in [3.63, 3.8) is 0 Å². The van der Waals surface area contributed by atoms with Crippen LogP contribution in [-0.4, -0.2) is 66.8 Å². The molecule has 0 aromatic heterocycles. The fourth-order valence-corrected chi connectivity index (χ4v) is 4.27. The number of carbonyl (C=O) groups is 3. The molecule has 2 aromatic rings. The van der Waals surface area contributed by atoms with Gasteiger partial charge in [-0.05, 0) is 42.8 Å². The van der Waals surface area contributed by atoms with E-state index in [2.05, 4.69) is 5.32 Å². The third-order valence-electron chi connectivity index (χ3n) is 5.70. The Morgan fingerprint density at radius 1 is 1.03 bits per heavy atom. The summed E-state index contributed by atoms with van der Waals surface area (Å²) >= 11 is 6.01. The van der Waals surface area contributed by atoms with Crippen molar-refractivity contribution in [1.82, 2.24) is 9.80 Å². The van der Waals surface area contributed by atoms with Crippen LogP contribution in [0.25, 0.3) is 0 Å². The lowest BCUT2D eigenvalue weighted by molar-refractivity contribution is -0.118. The van der Waals surface area contributed by atoms with Crippen LogP contribution in [-0.2, 0) is 9.59 Å². The highest BCUT2D eigenvalue weighted by Crippen LogP contribution is 2.24. The number of rotatable bonds is 5. The van der Waals surface area contributed by atoms with Crippen LogP contribution in [0.3, 0.4) is 0 Å². The van der Waals surface area contributed by atoms with Gasteiger partial charge in [-0.1, -0.05) is 17.7 Å². The zero-order chi connectivity index (χ0) is 22.7. The molecule has 0 atom stereocenters. The lowest BCUT2D eigenvalue weighted by atomic mass is 10.1. The molecule has 2 aliphatic heterocycles. The molecule has 0 aliphatic carbocycles. The number of nitrogens with zero attached hydrogens (tertiary/aromatic N) is 3. The van der Waals surface area contributed by atoms with E-state index in [1.165, 1.54) is 12.1 Å². The Morgan fingerprint density at radius 3 is 2.50 bits per heavy atom. The van der Waals surface area contributed by atoms with E-state index in [0.29, 0.717) is 44.8 Å². The number of hydrogen-bond acceptors (Lipinski definition) is 4. The Morgan fingerprint density at radius 2 is 1.81 bits per heavy atom. The molecule has 168 valence electrons. The van der Waals surface area contributed by atoms with Gasteiger partial charge in [-0.15, -0.1) is 0 Å². The van der Waals surface area contributed by atoms with Crippen molar-refractivity contribution >= 4 is 40.7 Å². The summed E-state index contributed by atoms with van der Waals surface area (Å²) in [5.74, 6) is -0.786. The Hall–Kier alpha value is -2.97. The third kappa shape index (κ3) is 5.08. The van der Waals surface area contributed by atoms with E-state index >= 15 is 0 Å². The van der Waals surface area contributed by atoms with Gasteiger partial charge in [-0.3, -0.25) is 19.3 Å². The maximum atomic E-state index is 13.2. The summed E-state index contributed by atoms with van der Waals surface area (Å²) in [6.07, 6.45) is 1.40. The normalized spacial score (nSPS) is 17.0. The summed E-state index contributed by atoms with van der Waals surface area (Å²) in [5, 5.41) is 2.98. The quantitative estimate of drug-likeness (QED) is 0.747.